The zero-order valence-corrected chi connectivity index (χ0v) is 20.9. The zero-order valence-electron chi connectivity index (χ0n) is 20.9. The third-order valence-electron chi connectivity index (χ3n) is 6.39. The topological polar surface area (TPSA) is 88.5 Å². The van der Waals surface area contributed by atoms with Crippen LogP contribution in [-0.2, 0) is 22.4 Å². The summed E-state index contributed by atoms with van der Waals surface area (Å²) < 4.78 is 13.5. The van der Waals surface area contributed by atoms with Crippen LogP contribution in [0.2, 0.25) is 0 Å². The summed E-state index contributed by atoms with van der Waals surface area (Å²) in [7, 11) is 1.75. The van der Waals surface area contributed by atoms with Gasteiger partial charge < -0.3 is 15.1 Å². The predicted molar refractivity (Wildman–Crippen MR) is 135 cm³/mol. The Balaban J connectivity index is 1.58. The lowest BCUT2D eigenvalue weighted by molar-refractivity contribution is -0.130. The highest BCUT2D eigenvalue weighted by molar-refractivity contribution is 5.96. The van der Waals surface area contributed by atoms with E-state index in [-0.39, 0.29) is 42.8 Å². The van der Waals surface area contributed by atoms with Crippen molar-refractivity contribution in [3.8, 4) is 6.07 Å². The molecule has 0 radical (unpaired) electrons. The maximum absolute atomic E-state index is 13.5. The molecule has 1 atom stereocenters. The van der Waals surface area contributed by atoms with Gasteiger partial charge in [0.25, 0.3) is 0 Å². The molecule has 3 rings (SSSR count). The van der Waals surface area contributed by atoms with Crippen molar-refractivity contribution in [3.63, 3.8) is 0 Å². The van der Waals surface area contributed by atoms with E-state index in [1.165, 1.54) is 12.1 Å². The van der Waals surface area contributed by atoms with Crippen LogP contribution in [-0.4, -0.2) is 62.0 Å². The van der Waals surface area contributed by atoms with Crippen LogP contribution in [0.3, 0.4) is 0 Å². The minimum absolute atomic E-state index is 0.00637. The number of nitrogens with one attached hydrogen (secondary N) is 2. The molecule has 186 valence electrons. The number of aryl methyl sites for hydroxylation is 1. The van der Waals surface area contributed by atoms with Crippen LogP contribution in [0.25, 0.3) is 0 Å². The van der Waals surface area contributed by atoms with Crippen molar-refractivity contribution in [2.45, 2.75) is 45.7 Å². The lowest BCUT2D eigenvalue weighted by Crippen LogP contribution is -2.46. The number of halogens is 1. The van der Waals surface area contributed by atoms with E-state index in [9.17, 15) is 19.2 Å². The van der Waals surface area contributed by atoms with Crippen LogP contribution in [0.15, 0.2) is 36.4 Å². The number of anilines is 1. The molecule has 0 saturated heterocycles. The molecule has 8 heteroatoms. The maximum atomic E-state index is 13.5. The highest BCUT2D eigenvalue weighted by atomic mass is 19.1. The molecule has 0 aromatic heterocycles. The quantitative estimate of drug-likeness (QED) is 0.547. The van der Waals surface area contributed by atoms with Gasteiger partial charge in [0, 0.05) is 37.9 Å². The van der Waals surface area contributed by atoms with Crippen molar-refractivity contribution in [1.29, 1.82) is 5.26 Å². The molecule has 0 saturated carbocycles. The molecular formula is C27H34FN5O2. The van der Waals surface area contributed by atoms with Gasteiger partial charge in [-0.2, -0.15) is 5.26 Å². The van der Waals surface area contributed by atoms with Crippen molar-refractivity contribution in [3.05, 3.63) is 64.5 Å². The Bertz CT molecular complexity index is 1110. The smallest absolute Gasteiger partial charge is 0.241 e. The minimum atomic E-state index is -0.262. The lowest BCUT2D eigenvalue weighted by atomic mass is 10.1. The fraction of sp³-hybridized carbons (Fsp3) is 0.444. The first-order chi connectivity index (χ1) is 16.7. The summed E-state index contributed by atoms with van der Waals surface area (Å²) in [5.74, 6) is -0.554. The number of carbonyl (C=O) groups is 2. The molecule has 0 heterocycles. The molecule has 2 aromatic carbocycles. The highest BCUT2D eigenvalue weighted by Crippen LogP contribution is 2.26. The van der Waals surface area contributed by atoms with Crippen LogP contribution in [0.4, 0.5) is 10.1 Å². The predicted octanol–water partition coefficient (Wildman–Crippen LogP) is 2.55. The average molecular weight is 480 g/mol. The number of fused-ring (bicyclic) bond motifs is 1. The van der Waals surface area contributed by atoms with Gasteiger partial charge in [-0.3, -0.25) is 14.9 Å². The first-order valence-electron chi connectivity index (χ1n) is 12.0. The average Bonchev–Trinajstić information content (AvgIpc) is 3.24. The van der Waals surface area contributed by atoms with Gasteiger partial charge in [-0.1, -0.05) is 26.0 Å². The normalized spacial score (nSPS) is 14.5. The van der Waals surface area contributed by atoms with Gasteiger partial charge in [-0.25, -0.2) is 4.39 Å². The molecule has 2 amide bonds. The Labute approximate surface area is 206 Å². The Morgan fingerprint density at radius 3 is 2.54 bits per heavy atom. The van der Waals surface area contributed by atoms with Crippen LogP contribution < -0.4 is 15.5 Å². The van der Waals surface area contributed by atoms with Gasteiger partial charge in [0.15, 0.2) is 0 Å². The minimum Gasteiger partial charge on any atom is -0.341 e. The number of nitrogens with zero attached hydrogens (tertiary/aromatic N) is 3. The van der Waals surface area contributed by atoms with Crippen LogP contribution in [0, 0.1) is 24.1 Å². The molecular weight excluding hydrogens is 445 g/mol. The third-order valence-corrected chi connectivity index (χ3v) is 6.39. The largest absolute Gasteiger partial charge is 0.341 e. The monoisotopic (exact) mass is 479 g/mol. The van der Waals surface area contributed by atoms with E-state index in [1.807, 2.05) is 26.8 Å². The number of amides is 2. The van der Waals surface area contributed by atoms with Crippen LogP contribution in [0.5, 0.6) is 0 Å². The van der Waals surface area contributed by atoms with E-state index < -0.39 is 0 Å². The third kappa shape index (κ3) is 6.87. The molecule has 0 fully saturated rings. The second-order valence-corrected chi connectivity index (χ2v) is 9.35. The number of benzene rings is 2. The summed E-state index contributed by atoms with van der Waals surface area (Å²) in [4.78, 5) is 29.3. The van der Waals surface area contributed by atoms with Crippen molar-refractivity contribution in [2.24, 2.45) is 0 Å². The van der Waals surface area contributed by atoms with Crippen LogP contribution >= 0.6 is 0 Å². The summed E-state index contributed by atoms with van der Waals surface area (Å²) in [5.41, 5.74) is 4.09. The van der Waals surface area contributed by atoms with Gasteiger partial charge >= 0.3 is 0 Å². The molecule has 7 nitrogen and oxygen atoms in total. The summed E-state index contributed by atoms with van der Waals surface area (Å²) in [6.07, 6.45) is 1.32. The molecule has 0 spiro atoms. The molecule has 35 heavy (non-hydrogen) atoms. The molecule has 2 aromatic rings. The Hall–Kier alpha value is -3.28. The van der Waals surface area contributed by atoms with Gasteiger partial charge in [-0.15, -0.1) is 0 Å². The molecule has 1 aliphatic rings. The van der Waals surface area contributed by atoms with Crippen molar-refractivity contribution in [2.75, 3.05) is 38.1 Å². The molecule has 1 unspecified atom stereocenters. The SMILES string of the molecule is Cc1ccc(C#N)cc1N(CCNC(C)C)C(=O)CNCC(=O)N(C)C1Cc2ccc(F)cc2C1. The Kier molecular flexibility index (Phi) is 8.96. The highest BCUT2D eigenvalue weighted by Gasteiger charge is 2.28. The van der Waals surface area contributed by atoms with Gasteiger partial charge in [-0.05, 0) is 60.7 Å². The summed E-state index contributed by atoms with van der Waals surface area (Å²) >= 11 is 0. The number of hydrogen-bond acceptors (Lipinski definition) is 5. The van der Waals surface area contributed by atoms with E-state index >= 15 is 0 Å². The van der Waals surface area contributed by atoms with E-state index in [0.717, 1.165) is 16.7 Å². The van der Waals surface area contributed by atoms with E-state index in [0.29, 0.717) is 37.2 Å². The lowest BCUT2D eigenvalue weighted by Gasteiger charge is -2.27. The maximum Gasteiger partial charge on any atom is 0.241 e. The van der Waals surface area contributed by atoms with Crippen LogP contribution in [0.1, 0.15) is 36.1 Å². The summed E-state index contributed by atoms with van der Waals surface area (Å²) in [5, 5.41) is 15.6. The number of carbonyl (C=O) groups excluding carboxylic acids is 2. The summed E-state index contributed by atoms with van der Waals surface area (Å²) in [6.45, 7) is 7.05. The Morgan fingerprint density at radius 1 is 1.11 bits per heavy atom. The van der Waals surface area contributed by atoms with Crippen molar-refractivity contribution >= 4 is 17.5 Å². The number of hydrogen-bond donors (Lipinski definition) is 2. The molecule has 0 bridgehead atoms. The standard InChI is InChI=1S/C27H34FN5O2/c1-18(2)31-9-10-33(25-11-20(15-29)6-5-19(25)3)27(35)17-30-16-26(34)32(4)24-13-21-7-8-23(28)12-22(21)14-24/h5-8,11-12,18,24,30-31H,9-10,13-14,16-17H2,1-4H3. The fourth-order valence-corrected chi connectivity index (χ4v) is 4.35. The van der Waals surface area contributed by atoms with Gasteiger partial charge in [0.05, 0.1) is 24.7 Å². The molecule has 0 aliphatic heterocycles. The van der Waals surface area contributed by atoms with E-state index in [2.05, 4.69) is 16.7 Å². The van der Waals surface area contributed by atoms with E-state index in [1.54, 1.807) is 35.0 Å². The number of nitriles is 1. The van der Waals surface area contributed by atoms with Gasteiger partial charge in [0.2, 0.25) is 11.8 Å². The van der Waals surface area contributed by atoms with Gasteiger partial charge in [0.1, 0.15) is 5.82 Å². The Morgan fingerprint density at radius 2 is 1.83 bits per heavy atom. The van der Waals surface area contributed by atoms with Crippen molar-refractivity contribution in [1.82, 2.24) is 15.5 Å². The number of likely N-dealkylation sites (N-methyl/N-ethyl adjacent to an activating group) is 1. The first-order valence-corrected chi connectivity index (χ1v) is 12.0. The molecule has 1 aliphatic carbocycles. The van der Waals surface area contributed by atoms with E-state index in [4.69, 9.17) is 0 Å². The second-order valence-electron chi connectivity index (χ2n) is 9.35. The summed E-state index contributed by atoms with van der Waals surface area (Å²) in [6, 6.07) is 12.5. The molecule has 2 N–H and O–H groups in total. The fourth-order valence-electron chi connectivity index (χ4n) is 4.35. The zero-order chi connectivity index (χ0) is 25.5. The second kappa shape index (κ2) is 11.9. The van der Waals surface area contributed by atoms with Crippen molar-refractivity contribution < 1.29 is 14.0 Å². The first kappa shape index (κ1) is 26.3. The number of rotatable bonds is 10.